The zero-order chi connectivity index (χ0) is 13.2. The van der Waals surface area contributed by atoms with Gasteiger partial charge in [0.25, 0.3) is 0 Å². The summed E-state index contributed by atoms with van der Waals surface area (Å²) >= 11 is 0. The van der Waals surface area contributed by atoms with Crippen LogP contribution in [0.25, 0.3) is 5.65 Å². The Labute approximate surface area is 104 Å². The van der Waals surface area contributed by atoms with Crippen molar-refractivity contribution >= 4 is 27.1 Å². The molecule has 0 aliphatic heterocycles. The Hall–Kier alpha value is -1.87. The van der Waals surface area contributed by atoms with E-state index in [2.05, 4.69) is 20.7 Å². The first kappa shape index (κ1) is 12.6. The second-order valence-electron chi connectivity index (χ2n) is 3.83. The molecule has 18 heavy (non-hydrogen) atoms. The zero-order valence-electron chi connectivity index (χ0n) is 9.79. The lowest BCUT2D eigenvalue weighted by atomic mass is 10.5. The van der Waals surface area contributed by atoms with Gasteiger partial charge in [-0.05, 0) is 0 Å². The Morgan fingerprint density at radius 1 is 1.50 bits per heavy atom. The molecule has 2 rings (SSSR count). The summed E-state index contributed by atoms with van der Waals surface area (Å²) in [4.78, 5) is 8.31. The number of fused-ring (bicyclic) bond motifs is 1. The minimum absolute atomic E-state index is 0.0296. The molecule has 0 unspecified atom stereocenters. The van der Waals surface area contributed by atoms with Crippen LogP contribution in [-0.4, -0.2) is 41.3 Å². The molecule has 0 saturated carbocycles. The van der Waals surface area contributed by atoms with Crippen LogP contribution in [0.1, 0.15) is 0 Å². The number of nitrogens with two attached hydrogens (primary N) is 1. The molecule has 98 valence electrons. The number of rotatable bonds is 5. The Balaban J connectivity index is 2.23. The number of hydrogen-bond acceptors (Lipinski definition) is 7. The van der Waals surface area contributed by atoms with Crippen LogP contribution in [0.15, 0.2) is 18.6 Å². The highest BCUT2D eigenvalue weighted by atomic mass is 32.2. The van der Waals surface area contributed by atoms with Crippen molar-refractivity contribution in [2.24, 2.45) is 5.84 Å². The highest BCUT2D eigenvalue weighted by Gasteiger charge is 2.08. The molecular weight excluding hydrogens is 256 g/mol. The topological polar surface area (TPSA) is 114 Å². The fourth-order valence-corrected chi connectivity index (χ4v) is 1.95. The lowest BCUT2D eigenvalue weighted by Crippen LogP contribution is -2.17. The largest absolute Gasteiger partial charge is 0.366 e. The molecule has 0 spiro atoms. The monoisotopic (exact) mass is 270 g/mol. The molecule has 4 N–H and O–H groups in total. The number of nitrogen functional groups attached to an aromatic ring is 1. The highest BCUT2D eigenvalue weighted by Crippen LogP contribution is 2.15. The molecule has 0 atom stereocenters. The van der Waals surface area contributed by atoms with E-state index in [1.54, 1.807) is 23.0 Å². The van der Waals surface area contributed by atoms with Crippen LogP contribution in [0.4, 0.5) is 11.6 Å². The van der Waals surface area contributed by atoms with Crippen molar-refractivity contribution in [3.05, 3.63) is 18.6 Å². The number of imidazole rings is 1. The molecule has 0 fully saturated rings. The van der Waals surface area contributed by atoms with E-state index < -0.39 is 9.84 Å². The van der Waals surface area contributed by atoms with E-state index in [9.17, 15) is 8.42 Å². The summed E-state index contributed by atoms with van der Waals surface area (Å²) in [7, 11) is -3.01. The van der Waals surface area contributed by atoms with E-state index in [0.29, 0.717) is 17.3 Å². The maximum Gasteiger partial charge on any atom is 0.180 e. The van der Waals surface area contributed by atoms with Crippen molar-refractivity contribution in [2.75, 3.05) is 29.3 Å². The van der Waals surface area contributed by atoms with E-state index in [0.717, 1.165) is 0 Å². The number of nitrogens with zero attached hydrogens (tertiary/aromatic N) is 3. The first-order valence-corrected chi connectivity index (χ1v) is 7.27. The standard InChI is InChI=1S/C9H14N6O2S/c1-18(16,17)5-3-11-8-9-12-2-4-15(9)6-7(13-8)14-10/h2,4,6,14H,3,5,10H2,1H3,(H,11,13). The van der Waals surface area contributed by atoms with E-state index >= 15 is 0 Å². The molecule has 0 aliphatic carbocycles. The first-order chi connectivity index (χ1) is 8.49. The van der Waals surface area contributed by atoms with Crippen LogP contribution in [0.5, 0.6) is 0 Å². The molecule has 2 aromatic heterocycles. The smallest absolute Gasteiger partial charge is 0.180 e. The summed E-state index contributed by atoms with van der Waals surface area (Å²) in [6, 6.07) is 0. The summed E-state index contributed by atoms with van der Waals surface area (Å²) in [6.07, 6.45) is 6.24. The molecule has 9 heteroatoms. The van der Waals surface area contributed by atoms with Crippen LogP contribution in [0.2, 0.25) is 0 Å². The van der Waals surface area contributed by atoms with Gasteiger partial charge in [-0.25, -0.2) is 24.2 Å². The highest BCUT2D eigenvalue weighted by molar-refractivity contribution is 7.90. The van der Waals surface area contributed by atoms with Crippen LogP contribution in [0, 0.1) is 0 Å². The number of sulfone groups is 1. The third-order valence-electron chi connectivity index (χ3n) is 2.29. The van der Waals surface area contributed by atoms with Crippen molar-refractivity contribution in [3.63, 3.8) is 0 Å². The molecule has 0 amide bonds. The average Bonchev–Trinajstić information content (AvgIpc) is 2.75. The molecule has 0 aromatic carbocycles. The van der Waals surface area contributed by atoms with Gasteiger partial charge in [-0.15, -0.1) is 0 Å². The van der Waals surface area contributed by atoms with Crippen molar-refractivity contribution in [3.8, 4) is 0 Å². The second kappa shape index (κ2) is 4.78. The third kappa shape index (κ3) is 2.87. The zero-order valence-corrected chi connectivity index (χ0v) is 10.6. The second-order valence-corrected chi connectivity index (χ2v) is 6.09. The number of aromatic nitrogens is 3. The third-order valence-corrected chi connectivity index (χ3v) is 3.23. The molecule has 0 radical (unpaired) electrons. The van der Waals surface area contributed by atoms with Gasteiger partial charge in [0, 0.05) is 25.2 Å². The summed E-state index contributed by atoms with van der Waals surface area (Å²) < 4.78 is 23.8. The predicted molar refractivity (Wildman–Crippen MR) is 69.0 cm³/mol. The Morgan fingerprint density at radius 3 is 2.94 bits per heavy atom. The fraction of sp³-hybridized carbons (Fsp3) is 0.333. The number of hydrazine groups is 1. The van der Waals surface area contributed by atoms with Crippen LogP contribution in [-0.2, 0) is 9.84 Å². The van der Waals surface area contributed by atoms with Gasteiger partial charge >= 0.3 is 0 Å². The predicted octanol–water partition coefficient (Wildman–Crippen LogP) is -0.529. The average molecular weight is 270 g/mol. The maximum atomic E-state index is 11.0. The van der Waals surface area contributed by atoms with Gasteiger partial charge in [-0.1, -0.05) is 0 Å². The molecular formula is C9H14N6O2S. The lowest BCUT2D eigenvalue weighted by molar-refractivity contribution is 0.602. The molecule has 2 aromatic rings. The van der Waals surface area contributed by atoms with E-state index in [1.165, 1.54) is 6.26 Å². The van der Waals surface area contributed by atoms with Gasteiger partial charge in [-0.3, -0.25) is 0 Å². The lowest BCUT2D eigenvalue weighted by Gasteiger charge is -2.08. The van der Waals surface area contributed by atoms with Gasteiger partial charge in [0.05, 0.1) is 11.9 Å². The molecule has 0 aliphatic rings. The minimum Gasteiger partial charge on any atom is -0.366 e. The minimum atomic E-state index is -3.01. The van der Waals surface area contributed by atoms with Gasteiger partial charge < -0.3 is 15.1 Å². The summed E-state index contributed by atoms with van der Waals surface area (Å²) in [5, 5.41) is 2.94. The van der Waals surface area contributed by atoms with E-state index in [-0.39, 0.29) is 12.3 Å². The normalized spacial score (nSPS) is 11.7. The summed E-state index contributed by atoms with van der Waals surface area (Å²) in [5.41, 5.74) is 3.05. The Morgan fingerprint density at radius 2 is 2.28 bits per heavy atom. The van der Waals surface area contributed by atoms with Crippen molar-refractivity contribution in [2.45, 2.75) is 0 Å². The molecule has 0 saturated heterocycles. The number of anilines is 2. The van der Waals surface area contributed by atoms with Crippen LogP contribution in [0.3, 0.4) is 0 Å². The Kier molecular flexibility index (Phi) is 3.34. The van der Waals surface area contributed by atoms with E-state index in [4.69, 9.17) is 5.84 Å². The Bertz CT molecular complexity index is 650. The van der Waals surface area contributed by atoms with Gasteiger partial charge in [0.1, 0.15) is 9.84 Å². The summed E-state index contributed by atoms with van der Waals surface area (Å²) in [6.45, 7) is 0.266. The first-order valence-electron chi connectivity index (χ1n) is 5.21. The van der Waals surface area contributed by atoms with Crippen LogP contribution >= 0.6 is 0 Å². The molecule has 0 bridgehead atoms. The van der Waals surface area contributed by atoms with Gasteiger partial charge in [0.15, 0.2) is 17.3 Å². The van der Waals surface area contributed by atoms with Crippen molar-refractivity contribution in [1.29, 1.82) is 0 Å². The number of nitrogens with one attached hydrogen (secondary N) is 2. The molecule has 2 heterocycles. The van der Waals surface area contributed by atoms with Crippen molar-refractivity contribution in [1.82, 2.24) is 14.4 Å². The molecule has 8 nitrogen and oxygen atoms in total. The van der Waals surface area contributed by atoms with Gasteiger partial charge in [0.2, 0.25) is 0 Å². The SMILES string of the molecule is CS(=O)(=O)CCNc1nc(NN)cn2ccnc12. The van der Waals surface area contributed by atoms with Crippen LogP contribution < -0.4 is 16.6 Å². The maximum absolute atomic E-state index is 11.0. The quantitative estimate of drug-likeness (QED) is 0.494. The fourth-order valence-electron chi connectivity index (χ4n) is 1.47. The number of hydrogen-bond donors (Lipinski definition) is 3. The van der Waals surface area contributed by atoms with Crippen molar-refractivity contribution < 1.29 is 8.42 Å². The van der Waals surface area contributed by atoms with E-state index in [1.807, 2.05) is 0 Å². The summed E-state index contributed by atoms with van der Waals surface area (Å²) in [5.74, 6) is 6.28. The van der Waals surface area contributed by atoms with Gasteiger partial charge in [-0.2, -0.15) is 0 Å².